The van der Waals surface area contributed by atoms with Gasteiger partial charge in [0.2, 0.25) is 0 Å². The summed E-state index contributed by atoms with van der Waals surface area (Å²) in [6.07, 6.45) is -5.81. The Labute approximate surface area is 62.9 Å². The maximum Gasteiger partial charge on any atom is 0.415 e. The van der Waals surface area contributed by atoms with Crippen LogP contribution in [0, 0.1) is 0 Å². The summed E-state index contributed by atoms with van der Waals surface area (Å²) in [7, 11) is 1.65. The first-order valence-electron chi connectivity index (χ1n) is 3.37. The first-order valence-corrected chi connectivity index (χ1v) is 3.37. The lowest BCUT2D eigenvalue weighted by atomic mass is 10.3. The lowest BCUT2D eigenvalue weighted by molar-refractivity contribution is -0.235. The molecule has 0 aromatic rings. The molecule has 1 fully saturated rings. The zero-order valence-corrected chi connectivity index (χ0v) is 6.19. The second kappa shape index (κ2) is 2.98. The topological polar surface area (TPSA) is 12.5 Å². The minimum absolute atomic E-state index is 0.0521. The summed E-state index contributed by atoms with van der Waals surface area (Å²) in [5.41, 5.74) is 0. The van der Waals surface area contributed by atoms with Crippen molar-refractivity contribution in [1.82, 2.24) is 4.90 Å². The predicted octanol–water partition coefficient (Wildman–Crippen LogP) is 0.879. The third-order valence-corrected chi connectivity index (χ3v) is 1.63. The minimum Gasteiger partial charge on any atom is -0.366 e. The Balaban J connectivity index is 2.46. The van der Waals surface area contributed by atoms with Gasteiger partial charge in [0, 0.05) is 13.1 Å². The number of hydrogen-bond acceptors (Lipinski definition) is 2. The molecule has 0 aliphatic carbocycles. The molecule has 2 nitrogen and oxygen atoms in total. The van der Waals surface area contributed by atoms with Gasteiger partial charge in [-0.3, -0.25) is 0 Å². The molecule has 0 unspecified atom stereocenters. The summed E-state index contributed by atoms with van der Waals surface area (Å²) in [6, 6.07) is 0. The first kappa shape index (κ1) is 8.80. The quantitative estimate of drug-likeness (QED) is 0.533. The van der Waals surface area contributed by atoms with Crippen molar-refractivity contribution < 1.29 is 17.9 Å². The SMILES string of the molecule is CN1CCO[C@@H](C(F)(F)F)C1. The van der Waals surface area contributed by atoms with Crippen LogP contribution >= 0.6 is 0 Å². The third kappa shape index (κ3) is 2.34. The highest BCUT2D eigenvalue weighted by molar-refractivity contribution is 4.74. The van der Waals surface area contributed by atoms with Crippen molar-refractivity contribution >= 4 is 0 Å². The number of nitrogens with zero attached hydrogens (tertiary/aromatic N) is 1. The van der Waals surface area contributed by atoms with E-state index in [-0.39, 0.29) is 13.2 Å². The fourth-order valence-electron chi connectivity index (χ4n) is 0.976. The highest BCUT2D eigenvalue weighted by Gasteiger charge is 2.42. The van der Waals surface area contributed by atoms with E-state index in [4.69, 9.17) is 0 Å². The van der Waals surface area contributed by atoms with Crippen LogP contribution in [0.1, 0.15) is 0 Å². The highest BCUT2D eigenvalue weighted by atomic mass is 19.4. The number of halogens is 3. The van der Waals surface area contributed by atoms with Crippen molar-refractivity contribution in [3.8, 4) is 0 Å². The van der Waals surface area contributed by atoms with Crippen LogP contribution in [0.5, 0.6) is 0 Å². The van der Waals surface area contributed by atoms with Gasteiger partial charge in [-0.2, -0.15) is 13.2 Å². The van der Waals surface area contributed by atoms with Gasteiger partial charge in [0.15, 0.2) is 6.10 Å². The lowest BCUT2D eigenvalue weighted by Gasteiger charge is -2.31. The predicted molar refractivity (Wildman–Crippen MR) is 33.3 cm³/mol. The molecular formula is C6H10F3NO. The van der Waals surface area contributed by atoms with Crippen LogP contribution in [0.25, 0.3) is 0 Å². The van der Waals surface area contributed by atoms with Crippen molar-refractivity contribution in [2.24, 2.45) is 0 Å². The fourth-order valence-corrected chi connectivity index (χ4v) is 0.976. The molecule has 0 aromatic carbocycles. The number of alkyl halides is 3. The van der Waals surface area contributed by atoms with Crippen molar-refractivity contribution in [1.29, 1.82) is 0 Å². The summed E-state index contributed by atoms with van der Waals surface area (Å²) >= 11 is 0. The molecule has 0 amide bonds. The van der Waals surface area contributed by atoms with E-state index in [1.807, 2.05) is 0 Å². The third-order valence-electron chi connectivity index (χ3n) is 1.63. The number of rotatable bonds is 0. The van der Waals surface area contributed by atoms with Gasteiger partial charge in [0.05, 0.1) is 6.61 Å². The van der Waals surface area contributed by atoms with Gasteiger partial charge in [-0.15, -0.1) is 0 Å². The number of ether oxygens (including phenoxy) is 1. The van der Waals surface area contributed by atoms with E-state index in [0.717, 1.165) is 0 Å². The fraction of sp³-hybridized carbons (Fsp3) is 1.00. The summed E-state index contributed by atoms with van der Waals surface area (Å²) in [6.45, 7) is 0.691. The molecule has 0 saturated carbocycles. The van der Waals surface area contributed by atoms with E-state index in [2.05, 4.69) is 4.74 Å². The van der Waals surface area contributed by atoms with Crippen LogP contribution in [0.3, 0.4) is 0 Å². The molecule has 11 heavy (non-hydrogen) atoms. The van der Waals surface area contributed by atoms with Crippen LogP contribution in [-0.4, -0.2) is 43.9 Å². The maximum atomic E-state index is 12.0. The Bertz CT molecular complexity index is 136. The van der Waals surface area contributed by atoms with Crippen LogP contribution in [-0.2, 0) is 4.74 Å². The molecule has 0 radical (unpaired) electrons. The van der Waals surface area contributed by atoms with Gasteiger partial charge in [0.1, 0.15) is 0 Å². The molecule has 1 aliphatic rings. The molecule has 1 saturated heterocycles. The van der Waals surface area contributed by atoms with Crippen LogP contribution in [0.4, 0.5) is 13.2 Å². The normalized spacial score (nSPS) is 28.9. The maximum absolute atomic E-state index is 12.0. The molecule has 5 heteroatoms. The molecule has 0 spiro atoms. The van der Waals surface area contributed by atoms with Gasteiger partial charge in [-0.05, 0) is 7.05 Å². The van der Waals surface area contributed by atoms with E-state index < -0.39 is 12.3 Å². The smallest absolute Gasteiger partial charge is 0.366 e. The Kier molecular flexibility index (Phi) is 2.39. The molecule has 0 aromatic heterocycles. The van der Waals surface area contributed by atoms with E-state index in [1.165, 1.54) is 0 Å². The summed E-state index contributed by atoms with van der Waals surface area (Å²) in [4.78, 5) is 1.61. The van der Waals surface area contributed by atoms with Gasteiger partial charge in [-0.25, -0.2) is 0 Å². The van der Waals surface area contributed by atoms with Crippen molar-refractivity contribution in [2.45, 2.75) is 12.3 Å². The van der Waals surface area contributed by atoms with Crippen molar-refractivity contribution in [2.75, 3.05) is 26.7 Å². The Morgan fingerprint density at radius 2 is 2.09 bits per heavy atom. The largest absolute Gasteiger partial charge is 0.415 e. The Morgan fingerprint density at radius 1 is 1.45 bits per heavy atom. The van der Waals surface area contributed by atoms with Crippen LogP contribution < -0.4 is 0 Å². The summed E-state index contributed by atoms with van der Waals surface area (Å²) in [5.74, 6) is 0. The highest BCUT2D eigenvalue weighted by Crippen LogP contribution is 2.24. The van der Waals surface area contributed by atoms with E-state index in [9.17, 15) is 13.2 Å². The monoisotopic (exact) mass is 169 g/mol. The molecule has 0 N–H and O–H groups in total. The molecule has 1 aliphatic heterocycles. The zero-order chi connectivity index (χ0) is 8.48. The van der Waals surface area contributed by atoms with Gasteiger partial charge < -0.3 is 9.64 Å². The lowest BCUT2D eigenvalue weighted by Crippen LogP contribution is -2.47. The van der Waals surface area contributed by atoms with Crippen molar-refractivity contribution in [3.05, 3.63) is 0 Å². The molecule has 1 atom stereocenters. The Hall–Kier alpha value is -0.290. The van der Waals surface area contributed by atoms with E-state index in [0.29, 0.717) is 6.54 Å². The standard InChI is InChI=1S/C6H10F3NO/c1-10-2-3-11-5(4-10)6(7,8)9/h5H,2-4H2,1H3/t5-/m1/s1. The summed E-state index contributed by atoms with van der Waals surface area (Å²) < 4.78 is 40.4. The van der Waals surface area contributed by atoms with Crippen LogP contribution in [0.15, 0.2) is 0 Å². The number of hydrogen-bond donors (Lipinski definition) is 0. The average Bonchev–Trinajstić information content (AvgIpc) is 1.86. The minimum atomic E-state index is -4.21. The molecule has 1 rings (SSSR count). The Morgan fingerprint density at radius 3 is 2.45 bits per heavy atom. The number of likely N-dealkylation sites (N-methyl/N-ethyl adjacent to an activating group) is 1. The van der Waals surface area contributed by atoms with E-state index >= 15 is 0 Å². The molecule has 1 heterocycles. The molecule has 0 bridgehead atoms. The van der Waals surface area contributed by atoms with Gasteiger partial charge >= 0.3 is 6.18 Å². The number of morpholine rings is 1. The van der Waals surface area contributed by atoms with Crippen LogP contribution in [0.2, 0.25) is 0 Å². The second-order valence-electron chi connectivity index (χ2n) is 2.66. The summed E-state index contributed by atoms with van der Waals surface area (Å²) in [5, 5.41) is 0. The molecular weight excluding hydrogens is 159 g/mol. The van der Waals surface area contributed by atoms with Crippen molar-refractivity contribution in [3.63, 3.8) is 0 Å². The average molecular weight is 169 g/mol. The molecule has 66 valence electrons. The van der Waals surface area contributed by atoms with Gasteiger partial charge in [0.25, 0.3) is 0 Å². The van der Waals surface area contributed by atoms with E-state index in [1.54, 1.807) is 11.9 Å². The first-order chi connectivity index (χ1) is 5.00. The zero-order valence-electron chi connectivity index (χ0n) is 6.19. The van der Waals surface area contributed by atoms with Gasteiger partial charge in [-0.1, -0.05) is 0 Å². The second-order valence-corrected chi connectivity index (χ2v) is 2.66.